The number of carboxylic acid groups (broad SMARTS) is 2. The number of rotatable bonds is 13. The van der Waals surface area contributed by atoms with Gasteiger partial charge in [0.05, 0.1) is 12.5 Å². The third-order valence-corrected chi connectivity index (χ3v) is 5.22. The van der Waals surface area contributed by atoms with Crippen LogP contribution in [0.15, 0.2) is 30.3 Å². The van der Waals surface area contributed by atoms with Gasteiger partial charge in [-0.05, 0) is 18.4 Å². The van der Waals surface area contributed by atoms with Gasteiger partial charge in [0.1, 0.15) is 18.1 Å². The molecule has 5 unspecified atom stereocenters. The summed E-state index contributed by atoms with van der Waals surface area (Å²) in [5.41, 5.74) is 6.56. The highest BCUT2D eigenvalue weighted by Crippen LogP contribution is 2.07. The summed E-state index contributed by atoms with van der Waals surface area (Å²) in [5.74, 6) is -5.07. The van der Waals surface area contributed by atoms with Crippen LogP contribution in [0.5, 0.6) is 0 Å². The summed E-state index contributed by atoms with van der Waals surface area (Å²) >= 11 is 0. The van der Waals surface area contributed by atoms with Crippen molar-refractivity contribution >= 4 is 29.7 Å². The molecule has 7 N–H and O–H groups in total. The predicted molar refractivity (Wildman–Crippen MR) is 119 cm³/mol. The number of nitrogens with two attached hydrogens (primary N) is 1. The third kappa shape index (κ3) is 9.27. The van der Waals surface area contributed by atoms with Gasteiger partial charge in [-0.15, -0.1) is 0 Å². The second-order valence-corrected chi connectivity index (χ2v) is 7.89. The zero-order valence-electron chi connectivity index (χ0n) is 18.9. The Hall–Kier alpha value is -3.47. The van der Waals surface area contributed by atoms with E-state index in [0.29, 0.717) is 12.0 Å². The van der Waals surface area contributed by atoms with Gasteiger partial charge in [0.25, 0.3) is 0 Å². The Morgan fingerprint density at radius 2 is 1.45 bits per heavy atom. The molecular weight excluding hydrogens is 432 g/mol. The fourth-order valence-electron chi connectivity index (χ4n) is 2.89. The molecule has 182 valence electrons. The largest absolute Gasteiger partial charge is 0.481 e. The van der Waals surface area contributed by atoms with E-state index in [1.165, 1.54) is 6.92 Å². The molecule has 0 heterocycles. The Bertz CT molecular complexity index is 846. The minimum absolute atomic E-state index is 0.0187. The van der Waals surface area contributed by atoms with Crippen molar-refractivity contribution in [2.75, 3.05) is 0 Å². The minimum atomic E-state index is -1.67. The molecule has 3 amide bonds. The molecule has 0 radical (unpaired) electrons. The lowest BCUT2D eigenvalue weighted by Gasteiger charge is -2.24. The third-order valence-electron chi connectivity index (χ3n) is 5.22. The zero-order valence-corrected chi connectivity index (χ0v) is 18.9. The Morgan fingerprint density at radius 1 is 0.879 bits per heavy atom. The average molecular weight is 465 g/mol. The van der Waals surface area contributed by atoms with E-state index in [0.717, 1.165) is 0 Å². The fourth-order valence-corrected chi connectivity index (χ4v) is 2.89. The highest BCUT2D eigenvalue weighted by atomic mass is 16.4. The molecule has 0 fully saturated rings. The lowest BCUT2D eigenvalue weighted by Crippen LogP contribution is -2.57. The minimum Gasteiger partial charge on any atom is -0.481 e. The van der Waals surface area contributed by atoms with Crippen molar-refractivity contribution in [1.29, 1.82) is 0 Å². The topological polar surface area (TPSA) is 188 Å². The van der Waals surface area contributed by atoms with Crippen LogP contribution in [0, 0.1) is 5.92 Å². The van der Waals surface area contributed by atoms with Gasteiger partial charge < -0.3 is 31.9 Å². The van der Waals surface area contributed by atoms with E-state index in [9.17, 15) is 29.1 Å². The summed E-state index contributed by atoms with van der Waals surface area (Å²) in [4.78, 5) is 60.0. The molecule has 1 aromatic rings. The molecular formula is C22H32N4O7. The van der Waals surface area contributed by atoms with Crippen LogP contribution in [0.2, 0.25) is 0 Å². The Labute approximate surface area is 192 Å². The van der Waals surface area contributed by atoms with Crippen LogP contribution in [0.4, 0.5) is 0 Å². The molecule has 5 atom stereocenters. The molecule has 0 aliphatic carbocycles. The van der Waals surface area contributed by atoms with Gasteiger partial charge in [-0.25, -0.2) is 4.79 Å². The molecule has 33 heavy (non-hydrogen) atoms. The quantitative estimate of drug-likeness (QED) is 0.228. The number of hydrogen-bond acceptors (Lipinski definition) is 6. The second-order valence-electron chi connectivity index (χ2n) is 7.89. The number of hydrogen-bond donors (Lipinski definition) is 6. The van der Waals surface area contributed by atoms with Crippen molar-refractivity contribution in [2.24, 2.45) is 11.7 Å². The molecule has 11 nitrogen and oxygen atoms in total. The van der Waals surface area contributed by atoms with Crippen LogP contribution in [0.25, 0.3) is 0 Å². The average Bonchev–Trinajstić information content (AvgIpc) is 2.77. The molecule has 11 heteroatoms. The number of nitrogens with one attached hydrogen (secondary N) is 3. The van der Waals surface area contributed by atoms with Crippen LogP contribution in [-0.4, -0.2) is 64.0 Å². The Balaban J connectivity index is 2.96. The number of carbonyl (C=O) groups excluding carboxylic acids is 3. The summed E-state index contributed by atoms with van der Waals surface area (Å²) in [7, 11) is 0. The first-order valence-corrected chi connectivity index (χ1v) is 10.6. The van der Waals surface area contributed by atoms with E-state index in [4.69, 9.17) is 10.8 Å². The highest BCUT2D eigenvalue weighted by Gasteiger charge is 2.30. The van der Waals surface area contributed by atoms with Crippen LogP contribution in [0.1, 0.15) is 39.2 Å². The standard InChI is InChI=1S/C22H32N4O7/c1-4-12(2)18(23)21(31)24-13(3)19(29)25-15(10-14-8-6-5-7-9-14)20(30)26-16(22(32)33)11-17(27)28/h5-9,12-13,15-16,18H,4,10-11,23H2,1-3H3,(H,24,31)(H,25,29)(H,26,30)(H,27,28)(H,32,33). The fraction of sp³-hybridized carbons (Fsp3) is 0.500. The van der Waals surface area contributed by atoms with E-state index < -0.39 is 60.2 Å². The Kier molecular flexibility index (Phi) is 11.0. The van der Waals surface area contributed by atoms with E-state index >= 15 is 0 Å². The Morgan fingerprint density at radius 3 is 1.97 bits per heavy atom. The molecule has 0 spiro atoms. The van der Waals surface area contributed by atoms with Gasteiger partial charge in [0.2, 0.25) is 17.7 Å². The maximum absolute atomic E-state index is 12.8. The predicted octanol–water partition coefficient (Wildman–Crippen LogP) is -0.364. The number of carbonyl (C=O) groups is 5. The van der Waals surface area contributed by atoms with E-state index in [1.807, 2.05) is 13.8 Å². The SMILES string of the molecule is CCC(C)C(N)C(=O)NC(C)C(=O)NC(Cc1ccccc1)C(=O)NC(CC(=O)O)C(=O)O. The normalized spacial score (nSPS) is 15.3. The summed E-state index contributed by atoms with van der Waals surface area (Å²) in [6.45, 7) is 5.12. The lowest BCUT2D eigenvalue weighted by molar-refractivity contribution is -0.147. The van der Waals surface area contributed by atoms with Crippen molar-refractivity contribution in [3.8, 4) is 0 Å². The number of carboxylic acids is 2. The molecule has 0 saturated carbocycles. The summed E-state index contributed by atoms with van der Waals surface area (Å²) in [6, 6.07) is 3.96. The van der Waals surface area contributed by atoms with Gasteiger partial charge in [0, 0.05) is 6.42 Å². The summed E-state index contributed by atoms with van der Waals surface area (Å²) < 4.78 is 0. The van der Waals surface area contributed by atoms with Crippen molar-refractivity contribution in [3.05, 3.63) is 35.9 Å². The van der Waals surface area contributed by atoms with E-state index in [2.05, 4.69) is 16.0 Å². The van der Waals surface area contributed by atoms with Crippen molar-refractivity contribution in [1.82, 2.24) is 16.0 Å². The number of benzene rings is 1. The van der Waals surface area contributed by atoms with Gasteiger partial charge in [0.15, 0.2) is 0 Å². The maximum Gasteiger partial charge on any atom is 0.326 e. The van der Waals surface area contributed by atoms with Gasteiger partial charge in [-0.1, -0.05) is 50.6 Å². The number of amides is 3. The number of aliphatic carboxylic acids is 2. The van der Waals surface area contributed by atoms with Gasteiger partial charge >= 0.3 is 11.9 Å². The second kappa shape index (κ2) is 13.2. The van der Waals surface area contributed by atoms with Crippen LogP contribution in [-0.2, 0) is 30.4 Å². The lowest BCUT2D eigenvalue weighted by atomic mass is 9.99. The van der Waals surface area contributed by atoms with Crippen LogP contribution >= 0.6 is 0 Å². The van der Waals surface area contributed by atoms with Crippen LogP contribution in [0.3, 0.4) is 0 Å². The molecule has 1 rings (SSSR count). The maximum atomic E-state index is 12.8. The molecule has 0 aliphatic heterocycles. The smallest absolute Gasteiger partial charge is 0.326 e. The zero-order chi connectivity index (χ0) is 25.1. The van der Waals surface area contributed by atoms with Crippen LogP contribution < -0.4 is 21.7 Å². The van der Waals surface area contributed by atoms with E-state index in [1.54, 1.807) is 30.3 Å². The van der Waals surface area contributed by atoms with E-state index in [-0.39, 0.29) is 12.3 Å². The highest BCUT2D eigenvalue weighted by molar-refractivity contribution is 5.94. The molecule has 0 aromatic heterocycles. The van der Waals surface area contributed by atoms with Crippen molar-refractivity contribution in [3.63, 3.8) is 0 Å². The van der Waals surface area contributed by atoms with Crippen molar-refractivity contribution < 1.29 is 34.2 Å². The van der Waals surface area contributed by atoms with Gasteiger partial charge in [-0.3, -0.25) is 19.2 Å². The molecule has 1 aromatic carbocycles. The summed E-state index contributed by atoms with van der Waals surface area (Å²) in [5, 5.41) is 25.3. The van der Waals surface area contributed by atoms with Gasteiger partial charge in [-0.2, -0.15) is 0 Å². The molecule has 0 bridgehead atoms. The molecule has 0 aliphatic rings. The first-order valence-electron chi connectivity index (χ1n) is 10.6. The van der Waals surface area contributed by atoms with Crippen molar-refractivity contribution in [2.45, 2.75) is 64.2 Å². The first kappa shape index (κ1) is 27.6. The monoisotopic (exact) mass is 464 g/mol. The first-order chi connectivity index (χ1) is 15.5. The summed E-state index contributed by atoms with van der Waals surface area (Å²) in [6.07, 6.45) is -0.131. The molecule has 0 saturated heterocycles.